The van der Waals surface area contributed by atoms with E-state index in [0.29, 0.717) is 5.92 Å². The first-order valence-electron chi connectivity index (χ1n) is 9.03. The SMILES string of the molecule is CCN(C[C@@H]1CCOC1)C(=O)[C@H](c1ccccc1)N1CCSCC1. The van der Waals surface area contributed by atoms with E-state index in [0.717, 1.165) is 62.9 Å². The molecule has 0 aromatic heterocycles. The Bertz CT molecular complexity index is 513. The molecule has 1 amide bonds. The van der Waals surface area contributed by atoms with Crippen LogP contribution < -0.4 is 0 Å². The number of carbonyl (C=O) groups is 1. The van der Waals surface area contributed by atoms with Gasteiger partial charge >= 0.3 is 0 Å². The van der Waals surface area contributed by atoms with Gasteiger partial charge in [-0.3, -0.25) is 9.69 Å². The highest BCUT2D eigenvalue weighted by Crippen LogP contribution is 2.27. The molecule has 1 aromatic carbocycles. The fourth-order valence-corrected chi connectivity index (χ4v) is 4.50. The normalized spacial score (nSPS) is 23.1. The molecule has 0 N–H and O–H groups in total. The zero-order chi connectivity index (χ0) is 16.8. The maximum atomic E-state index is 13.4. The van der Waals surface area contributed by atoms with Crippen molar-refractivity contribution in [1.29, 1.82) is 0 Å². The molecule has 2 fully saturated rings. The molecule has 2 aliphatic heterocycles. The maximum absolute atomic E-state index is 13.4. The number of nitrogens with zero attached hydrogens (tertiary/aromatic N) is 2. The Balaban J connectivity index is 1.78. The minimum absolute atomic E-state index is 0.144. The van der Waals surface area contributed by atoms with E-state index in [1.54, 1.807) is 0 Å². The monoisotopic (exact) mass is 348 g/mol. The summed E-state index contributed by atoms with van der Waals surface area (Å²) >= 11 is 1.98. The molecule has 2 saturated heterocycles. The van der Waals surface area contributed by atoms with Crippen molar-refractivity contribution in [2.24, 2.45) is 5.92 Å². The summed E-state index contributed by atoms with van der Waals surface area (Å²) in [5.74, 6) is 2.96. The van der Waals surface area contributed by atoms with E-state index in [4.69, 9.17) is 4.74 Å². The molecule has 3 rings (SSSR count). The lowest BCUT2D eigenvalue weighted by Crippen LogP contribution is -2.47. The molecule has 0 bridgehead atoms. The fraction of sp³-hybridized carbons (Fsp3) is 0.632. The van der Waals surface area contributed by atoms with Crippen LogP contribution in [-0.2, 0) is 9.53 Å². The van der Waals surface area contributed by atoms with E-state index in [-0.39, 0.29) is 11.9 Å². The highest BCUT2D eigenvalue weighted by atomic mass is 32.2. The molecule has 24 heavy (non-hydrogen) atoms. The molecule has 0 spiro atoms. The van der Waals surface area contributed by atoms with Crippen LogP contribution in [0, 0.1) is 5.92 Å². The third-order valence-corrected chi connectivity index (χ3v) is 5.90. The van der Waals surface area contributed by atoms with Crippen molar-refractivity contribution in [2.45, 2.75) is 19.4 Å². The quantitative estimate of drug-likeness (QED) is 0.791. The van der Waals surface area contributed by atoms with Crippen molar-refractivity contribution in [3.8, 4) is 0 Å². The van der Waals surface area contributed by atoms with Gasteiger partial charge < -0.3 is 9.64 Å². The number of thioether (sulfide) groups is 1. The Kier molecular flexibility index (Phi) is 6.58. The van der Waals surface area contributed by atoms with Gasteiger partial charge in [0.1, 0.15) is 6.04 Å². The smallest absolute Gasteiger partial charge is 0.244 e. The first-order chi connectivity index (χ1) is 11.8. The number of ether oxygens (including phenoxy) is 1. The summed E-state index contributed by atoms with van der Waals surface area (Å²) in [6.45, 7) is 7.27. The average molecular weight is 349 g/mol. The molecule has 0 unspecified atom stereocenters. The Labute approximate surface area is 149 Å². The van der Waals surface area contributed by atoms with Crippen LogP contribution in [0.5, 0.6) is 0 Å². The van der Waals surface area contributed by atoms with Crippen LogP contribution in [0.1, 0.15) is 24.9 Å². The third-order valence-electron chi connectivity index (χ3n) is 4.96. The second-order valence-electron chi connectivity index (χ2n) is 6.57. The molecule has 0 saturated carbocycles. The van der Waals surface area contributed by atoms with Gasteiger partial charge in [-0.25, -0.2) is 0 Å². The van der Waals surface area contributed by atoms with Crippen LogP contribution in [0.3, 0.4) is 0 Å². The van der Waals surface area contributed by atoms with Gasteiger partial charge in [-0.2, -0.15) is 11.8 Å². The van der Waals surface area contributed by atoms with Gasteiger partial charge in [0, 0.05) is 50.2 Å². The van der Waals surface area contributed by atoms with Crippen molar-refractivity contribution < 1.29 is 9.53 Å². The van der Waals surface area contributed by atoms with E-state index < -0.39 is 0 Å². The molecular weight excluding hydrogens is 320 g/mol. The van der Waals surface area contributed by atoms with Crippen molar-refractivity contribution in [1.82, 2.24) is 9.80 Å². The Morgan fingerprint density at radius 2 is 2.08 bits per heavy atom. The first-order valence-corrected chi connectivity index (χ1v) is 10.2. The Morgan fingerprint density at radius 1 is 1.33 bits per heavy atom. The van der Waals surface area contributed by atoms with E-state index in [2.05, 4.69) is 24.0 Å². The van der Waals surface area contributed by atoms with E-state index in [1.807, 2.05) is 34.9 Å². The number of carbonyl (C=O) groups excluding carboxylic acids is 1. The van der Waals surface area contributed by atoms with Crippen LogP contribution in [0.2, 0.25) is 0 Å². The summed E-state index contributed by atoms with van der Waals surface area (Å²) in [5, 5.41) is 0. The predicted molar refractivity (Wildman–Crippen MR) is 99.3 cm³/mol. The number of likely N-dealkylation sites (N-methyl/N-ethyl adjacent to an activating group) is 1. The number of benzene rings is 1. The van der Waals surface area contributed by atoms with E-state index >= 15 is 0 Å². The van der Waals surface area contributed by atoms with Crippen LogP contribution in [0.15, 0.2) is 30.3 Å². The van der Waals surface area contributed by atoms with Crippen molar-refractivity contribution in [3.63, 3.8) is 0 Å². The minimum atomic E-state index is -0.144. The molecule has 2 heterocycles. The fourth-order valence-electron chi connectivity index (χ4n) is 3.57. The highest BCUT2D eigenvalue weighted by molar-refractivity contribution is 7.99. The molecule has 5 heteroatoms. The highest BCUT2D eigenvalue weighted by Gasteiger charge is 2.33. The van der Waals surface area contributed by atoms with E-state index in [1.165, 1.54) is 0 Å². The standard InChI is InChI=1S/C19H28N2O2S/c1-2-20(14-16-8-11-23-15-16)19(22)18(17-6-4-3-5-7-17)21-9-12-24-13-10-21/h3-7,16,18H,2,8-15H2,1H3/t16-,18-/m0/s1. The summed E-state index contributed by atoms with van der Waals surface area (Å²) in [6.07, 6.45) is 1.07. The van der Waals surface area contributed by atoms with Crippen LogP contribution in [0.4, 0.5) is 0 Å². The predicted octanol–water partition coefficient (Wildman–Crippen LogP) is 2.66. The average Bonchev–Trinajstić information content (AvgIpc) is 3.15. The van der Waals surface area contributed by atoms with Crippen LogP contribution in [0.25, 0.3) is 0 Å². The van der Waals surface area contributed by atoms with Crippen molar-refractivity contribution >= 4 is 17.7 Å². The second-order valence-corrected chi connectivity index (χ2v) is 7.79. The molecule has 0 radical (unpaired) electrons. The first kappa shape index (κ1) is 17.8. The summed E-state index contributed by atoms with van der Waals surface area (Å²) in [6, 6.07) is 10.1. The number of hydrogen-bond acceptors (Lipinski definition) is 4. The van der Waals surface area contributed by atoms with Crippen LogP contribution >= 0.6 is 11.8 Å². The van der Waals surface area contributed by atoms with Gasteiger partial charge in [-0.15, -0.1) is 0 Å². The molecule has 4 nitrogen and oxygen atoms in total. The third kappa shape index (κ3) is 4.32. The molecule has 2 aliphatic rings. The lowest BCUT2D eigenvalue weighted by Gasteiger charge is -2.37. The zero-order valence-corrected chi connectivity index (χ0v) is 15.3. The zero-order valence-electron chi connectivity index (χ0n) is 14.5. The van der Waals surface area contributed by atoms with Gasteiger partial charge in [0.15, 0.2) is 0 Å². The number of hydrogen-bond donors (Lipinski definition) is 0. The Hall–Kier alpha value is -1.04. The minimum Gasteiger partial charge on any atom is -0.381 e. The maximum Gasteiger partial charge on any atom is 0.244 e. The van der Waals surface area contributed by atoms with Crippen molar-refractivity contribution in [3.05, 3.63) is 35.9 Å². The van der Waals surface area contributed by atoms with Gasteiger partial charge in [0.05, 0.1) is 6.61 Å². The van der Waals surface area contributed by atoms with E-state index in [9.17, 15) is 4.79 Å². The summed E-state index contributed by atoms with van der Waals surface area (Å²) in [7, 11) is 0. The molecule has 1 aromatic rings. The molecular formula is C19H28N2O2S. The van der Waals surface area contributed by atoms with Crippen molar-refractivity contribution in [2.75, 3.05) is 50.9 Å². The molecule has 132 valence electrons. The van der Waals surface area contributed by atoms with Crippen LogP contribution in [-0.4, -0.2) is 66.6 Å². The lowest BCUT2D eigenvalue weighted by molar-refractivity contribution is -0.137. The molecule has 0 aliphatic carbocycles. The summed E-state index contributed by atoms with van der Waals surface area (Å²) < 4.78 is 5.49. The summed E-state index contributed by atoms with van der Waals surface area (Å²) in [5.41, 5.74) is 1.12. The molecule has 2 atom stereocenters. The van der Waals surface area contributed by atoms with Gasteiger partial charge in [-0.1, -0.05) is 30.3 Å². The number of rotatable bonds is 6. The number of amides is 1. The Morgan fingerprint density at radius 3 is 2.71 bits per heavy atom. The van der Waals surface area contributed by atoms with Gasteiger partial charge in [-0.05, 0) is 18.9 Å². The topological polar surface area (TPSA) is 32.8 Å². The lowest BCUT2D eigenvalue weighted by atomic mass is 10.0. The van der Waals surface area contributed by atoms with Gasteiger partial charge in [0.25, 0.3) is 0 Å². The van der Waals surface area contributed by atoms with Gasteiger partial charge in [0.2, 0.25) is 5.91 Å². The largest absolute Gasteiger partial charge is 0.381 e. The second kappa shape index (κ2) is 8.88. The summed E-state index contributed by atoms with van der Waals surface area (Å²) in [4.78, 5) is 17.8.